The summed E-state index contributed by atoms with van der Waals surface area (Å²) in [5, 5.41) is 15.0. The Balaban J connectivity index is 0.00000450. The molecule has 1 aromatic heterocycles. The largest absolute Gasteiger partial charge is 0.356 e. The van der Waals surface area contributed by atoms with E-state index in [2.05, 4.69) is 32.1 Å². The van der Waals surface area contributed by atoms with Gasteiger partial charge in [-0.05, 0) is 43.0 Å². The molecule has 1 heterocycles. The van der Waals surface area contributed by atoms with Crippen molar-refractivity contribution in [1.82, 2.24) is 30.3 Å². The van der Waals surface area contributed by atoms with Crippen molar-refractivity contribution in [3.63, 3.8) is 0 Å². The van der Waals surface area contributed by atoms with Gasteiger partial charge in [0.1, 0.15) is 5.82 Å². The summed E-state index contributed by atoms with van der Waals surface area (Å²) in [6, 6.07) is 7.57. The van der Waals surface area contributed by atoms with Gasteiger partial charge in [0.15, 0.2) is 11.8 Å². The molecule has 166 valence electrons. The molecule has 0 aliphatic rings. The van der Waals surface area contributed by atoms with Gasteiger partial charge in [-0.1, -0.05) is 12.1 Å². The van der Waals surface area contributed by atoms with E-state index in [9.17, 15) is 4.79 Å². The molecule has 0 saturated heterocycles. The van der Waals surface area contributed by atoms with Crippen LogP contribution in [0.4, 0.5) is 0 Å². The molecule has 0 aliphatic heterocycles. The van der Waals surface area contributed by atoms with Crippen molar-refractivity contribution in [3.05, 3.63) is 47.0 Å². The third kappa shape index (κ3) is 8.13. The van der Waals surface area contributed by atoms with Crippen molar-refractivity contribution in [2.45, 2.75) is 26.4 Å². The van der Waals surface area contributed by atoms with Crippen molar-refractivity contribution in [2.75, 3.05) is 32.6 Å². The number of guanidine groups is 1. The minimum atomic E-state index is -0.00293. The van der Waals surface area contributed by atoms with E-state index >= 15 is 0 Å². The second-order valence-corrected chi connectivity index (χ2v) is 7.90. The van der Waals surface area contributed by atoms with Crippen LogP contribution in [0.2, 0.25) is 0 Å². The van der Waals surface area contributed by atoms with Crippen molar-refractivity contribution in [1.29, 1.82) is 0 Å². The fourth-order valence-electron chi connectivity index (χ4n) is 2.55. The van der Waals surface area contributed by atoms with Crippen LogP contribution >= 0.6 is 35.7 Å². The summed E-state index contributed by atoms with van der Waals surface area (Å²) in [5.74, 6) is 3.56. The number of rotatable bonds is 9. The van der Waals surface area contributed by atoms with E-state index in [0.717, 1.165) is 41.9 Å². The standard InChI is InChI=1S/C20H31N7OS.HI/c1-15-24-25-18(27(15)4)14-23-20(21-11-6-12-29-5)22-13-16-7-9-17(10-8-16)19(28)26(2)3;/h7-10H,6,11-14H2,1-5H3,(H2,21,22,23);1H. The summed E-state index contributed by atoms with van der Waals surface area (Å²) < 4.78 is 1.96. The molecule has 0 unspecified atom stereocenters. The fraction of sp³-hybridized carbons (Fsp3) is 0.500. The Kier molecular flexibility index (Phi) is 11.8. The van der Waals surface area contributed by atoms with Crippen LogP contribution in [-0.2, 0) is 20.1 Å². The average Bonchev–Trinajstić information content (AvgIpc) is 3.04. The lowest BCUT2D eigenvalue weighted by Gasteiger charge is -2.13. The lowest BCUT2D eigenvalue weighted by Crippen LogP contribution is -2.38. The molecule has 0 bridgehead atoms. The maximum atomic E-state index is 12.0. The van der Waals surface area contributed by atoms with E-state index in [1.54, 1.807) is 19.0 Å². The third-order valence-corrected chi connectivity index (χ3v) is 5.14. The maximum Gasteiger partial charge on any atom is 0.253 e. The number of aliphatic imine (C=N–C) groups is 1. The molecule has 2 aromatic rings. The lowest BCUT2D eigenvalue weighted by molar-refractivity contribution is 0.0827. The van der Waals surface area contributed by atoms with E-state index in [0.29, 0.717) is 18.7 Å². The zero-order valence-electron chi connectivity index (χ0n) is 18.3. The first-order chi connectivity index (χ1) is 13.9. The number of nitrogens with one attached hydrogen (secondary N) is 2. The average molecular weight is 545 g/mol. The Morgan fingerprint density at radius 1 is 1.20 bits per heavy atom. The predicted octanol–water partition coefficient (Wildman–Crippen LogP) is 2.43. The van der Waals surface area contributed by atoms with Gasteiger partial charge in [-0.25, -0.2) is 4.99 Å². The molecular formula is C20H32IN7OS. The van der Waals surface area contributed by atoms with Crippen molar-refractivity contribution < 1.29 is 4.79 Å². The van der Waals surface area contributed by atoms with Crippen molar-refractivity contribution in [3.8, 4) is 0 Å². The van der Waals surface area contributed by atoms with Gasteiger partial charge < -0.3 is 20.1 Å². The molecule has 0 fully saturated rings. The number of amides is 1. The molecule has 0 spiro atoms. The second kappa shape index (κ2) is 13.5. The number of carbonyl (C=O) groups excluding carboxylic acids is 1. The Bertz CT molecular complexity index is 821. The molecule has 8 nitrogen and oxygen atoms in total. The summed E-state index contributed by atoms with van der Waals surface area (Å²) >= 11 is 1.83. The van der Waals surface area contributed by atoms with Gasteiger partial charge in [-0.15, -0.1) is 34.2 Å². The highest BCUT2D eigenvalue weighted by Gasteiger charge is 2.08. The quantitative estimate of drug-likeness (QED) is 0.218. The molecule has 0 atom stereocenters. The summed E-state index contributed by atoms with van der Waals surface area (Å²) in [7, 11) is 5.45. The van der Waals surface area contributed by atoms with Crippen molar-refractivity contribution in [2.24, 2.45) is 12.0 Å². The van der Waals surface area contributed by atoms with Gasteiger partial charge in [0.25, 0.3) is 5.91 Å². The smallest absolute Gasteiger partial charge is 0.253 e. The zero-order chi connectivity index (χ0) is 21.2. The van der Waals surface area contributed by atoms with E-state index in [1.165, 1.54) is 0 Å². The van der Waals surface area contributed by atoms with Gasteiger partial charge in [0.05, 0.1) is 13.1 Å². The van der Waals surface area contributed by atoms with E-state index in [1.807, 2.05) is 54.6 Å². The molecule has 1 aromatic carbocycles. The Morgan fingerprint density at radius 2 is 1.90 bits per heavy atom. The Labute approximate surface area is 200 Å². The first-order valence-corrected chi connectivity index (χ1v) is 11.0. The SMILES string of the molecule is CSCCCNC(=NCc1ccc(C(=O)N(C)C)cc1)NCc1nnc(C)n1C.I. The van der Waals surface area contributed by atoms with Gasteiger partial charge >= 0.3 is 0 Å². The van der Waals surface area contributed by atoms with Gasteiger partial charge in [-0.2, -0.15) is 11.8 Å². The summed E-state index contributed by atoms with van der Waals surface area (Å²) in [4.78, 5) is 18.3. The molecular weight excluding hydrogens is 513 g/mol. The predicted molar refractivity (Wildman–Crippen MR) is 135 cm³/mol. The summed E-state index contributed by atoms with van der Waals surface area (Å²) in [6.45, 7) is 3.84. The molecule has 0 radical (unpaired) electrons. The number of aromatic nitrogens is 3. The number of nitrogens with zero attached hydrogens (tertiary/aromatic N) is 5. The lowest BCUT2D eigenvalue weighted by atomic mass is 10.1. The molecule has 2 N–H and O–H groups in total. The molecule has 10 heteroatoms. The van der Waals surface area contributed by atoms with Crippen LogP contribution in [0, 0.1) is 6.92 Å². The first kappa shape index (κ1) is 26.2. The van der Waals surface area contributed by atoms with Crippen LogP contribution in [0.1, 0.15) is 34.0 Å². The summed E-state index contributed by atoms with van der Waals surface area (Å²) in [5.41, 5.74) is 1.72. The number of benzene rings is 1. The third-order valence-electron chi connectivity index (χ3n) is 4.44. The molecule has 0 aliphatic carbocycles. The van der Waals surface area contributed by atoms with Crippen LogP contribution in [-0.4, -0.2) is 64.2 Å². The second-order valence-electron chi connectivity index (χ2n) is 6.91. The molecule has 2 rings (SSSR count). The Morgan fingerprint density at radius 3 is 2.47 bits per heavy atom. The maximum absolute atomic E-state index is 12.0. The number of carbonyl (C=O) groups is 1. The number of hydrogen-bond acceptors (Lipinski definition) is 5. The number of halogens is 1. The van der Waals surface area contributed by atoms with Crippen LogP contribution in [0.15, 0.2) is 29.3 Å². The molecule has 1 amide bonds. The summed E-state index contributed by atoms with van der Waals surface area (Å²) in [6.07, 6.45) is 3.17. The molecule has 0 saturated carbocycles. The number of thioether (sulfide) groups is 1. The Hall–Kier alpha value is -1.82. The number of hydrogen-bond donors (Lipinski definition) is 2. The first-order valence-electron chi connectivity index (χ1n) is 9.59. The normalized spacial score (nSPS) is 11.0. The highest BCUT2D eigenvalue weighted by atomic mass is 127. The van der Waals surface area contributed by atoms with Crippen molar-refractivity contribution >= 4 is 47.6 Å². The zero-order valence-corrected chi connectivity index (χ0v) is 21.5. The highest BCUT2D eigenvalue weighted by Crippen LogP contribution is 2.07. The number of aryl methyl sites for hydroxylation is 1. The topological polar surface area (TPSA) is 87.4 Å². The monoisotopic (exact) mass is 545 g/mol. The van der Waals surface area contributed by atoms with E-state index in [-0.39, 0.29) is 29.9 Å². The van der Waals surface area contributed by atoms with Crippen LogP contribution < -0.4 is 10.6 Å². The van der Waals surface area contributed by atoms with E-state index in [4.69, 9.17) is 0 Å². The van der Waals surface area contributed by atoms with Crippen LogP contribution in [0.3, 0.4) is 0 Å². The van der Waals surface area contributed by atoms with Crippen LogP contribution in [0.25, 0.3) is 0 Å². The van der Waals surface area contributed by atoms with Gasteiger partial charge in [-0.3, -0.25) is 4.79 Å². The minimum Gasteiger partial charge on any atom is -0.356 e. The highest BCUT2D eigenvalue weighted by molar-refractivity contribution is 14.0. The fourth-order valence-corrected chi connectivity index (χ4v) is 2.98. The van der Waals surface area contributed by atoms with Gasteiger partial charge in [0, 0.05) is 33.3 Å². The van der Waals surface area contributed by atoms with E-state index < -0.39 is 0 Å². The minimum absolute atomic E-state index is 0. The van der Waals surface area contributed by atoms with Gasteiger partial charge in [0.2, 0.25) is 0 Å². The van der Waals surface area contributed by atoms with Crippen LogP contribution in [0.5, 0.6) is 0 Å². The molecule has 30 heavy (non-hydrogen) atoms.